The molecule has 2 unspecified atom stereocenters. The van der Waals surface area contributed by atoms with Crippen molar-refractivity contribution in [2.45, 2.75) is 45.2 Å². The molecule has 21 heavy (non-hydrogen) atoms. The maximum absolute atomic E-state index is 14.4. The van der Waals surface area contributed by atoms with E-state index in [0.29, 0.717) is 24.1 Å². The van der Waals surface area contributed by atoms with Crippen LogP contribution in [0.2, 0.25) is 0 Å². The van der Waals surface area contributed by atoms with Crippen molar-refractivity contribution in [3.05, 3.63) is 35.1 Å². The molecule has 1 aliphatic rings. The zero-order valence-electron chi connectivity index (χ0n) is 12.7. The van der Waals surface area contributed by atoms with Gasteiger partial charge in [-0.05, 0) is 31.9 Å². The third-order valence-electron chi connectivity index (χ3n) is 4.51. The number of oxime groups is 1. The van der Waals surface area contributed by atoms with E-state index in [-0.39, 0.29) is 11.4 Å². The summed E-state index contributed by atoms with van der Waals surface area (Å²) in [5.41, 5.74) is 6.24. The first-order chi connectivity index (χ1) is 10.0. The van der Waals surface area contributed by atoms with E-state index in [1.165, 1.54) is 31.7 Å². The predicted molar refractivity (Wildman–Crippen MR) is 81.8 cm³/mol. The van der Waals surface area contributed by atoms with Crippen molar-refractivity contribution in [3.8, 4) is 0 Å². The Hall–Kier alpha value is -1.62. The minimum absolute atomic E-state index is 0.153. The van der Waals surface area contributed by atoms with Gasteiger partial charge in [0.25, 0.3) is 0 Å². The average molecular weight is 293 g/mol. The van der Waals surface area contributed by atoms with Crippen molar-refractivity contribution in [2.75, 3.05) is 7.05 Å². The van der Waals surface area contributed by atoms with Gasteiger partial charge in [-0.2, -0.15) is 0 Å². The number of halogens is 1. The lowest BCUT2D eigenvalue weighted by Crippen LogP contribution is -2.38. The van der Waals surface area contributed by atoms with Gasteiger partial charge in [-0.3, -0.25) is 4.90 Å². The Labute approximate surface area is 125 Å². The van der Waals surface area contributed by atoms with E-state index in [0.717, 1.165) is 0 Å². The Bertz CT molecular complexity index is 518. The Kier molecular flexibility index (Phi) is 5.17. The van der Waals surface area contributed by atoms with Gasteiger partial charge in [0.05, 0.1) is 5.56 Å². The molecule has 0 aliphatic heterocycles. The molecule has 0 bridgehead atoms. The van der Waals surface area contributed by atoms with Crippen molar-refractivity contribution in [1.29, 1.82) is 0 Å². The van der Waals surface area contributed by atoms with Gasteiger partial charge in [-0.1, -0.05) is 37.1 Å². The molecule has 1 fully saturated rings. The highest BCUT2D eigenvalue weighted by atomic mass is 19.1. The standard InChI is InChI=1S/C16H24FN3O/c1-11-6-3-4-9-14(11)20(2)10-12-7-5-8-13(15(12)17)16(18)19-21/h5,7-8,11,14,21H,3-4,6,9-10H2,1-2H3,(H2,18,19). The molecule has 1 aromatic rings. The lowest BCUT2D eigenvalue weighted by Gasteiger charge is -2.36. The fourth-order valence-corrected chi connectivity index (χ4v) is 3.29. The minimum Gasteiger partial charge on any atom is -0.409 e. The molecule has 3 N–H and O–H groups in total. The van der Waals surface area contributed by atoms with Gasteiger partial charge in [0.1, 0.15) is 5.82 Å². The van der Waals surface area contributed by atoms with Gasteiger partial charge in [0, 0.05) is 18.2 Å². The Morgan fingerprint density at radius 2 is 2.14 bits per heavy atom. The first-order valence-corrected chi connectivity index (χ1v) is 7.50. The quantitative estimate of drug-likeness (QED) is 0.388. The fraction of sp³-hybridized carbons (Fsp3) is 0.562. The zero-order valence-corrected chi connectivity index (χ0v) is 12.7. The van der Waals surface area contributed by atoms with Gasteiger partial charge >= 0.3 is 0 Å². The number of hydrogen-bond acceptors (Lipinski definition) is 3. The molecule has 116 valence electrons. The maximum Gasteiger partial charge on any atom is 0.173 e. The molecule has 0 heterocycles. The van der Waals surface area contributed by atoms with E-state index in [4.69, 9.17) is 10.9 Å². The van der Waals surface area contributed by atoms with Crippen molar-refractivity contribution < 1.29 is 9.60 Å². The van der Waals surface area contributed by atoms with E-state index in [1.807, 2.05) is 7.05 Å². The van der Waals surface area contributed by atoms with Crippen LogP contribution in [-0.2, 0) is 6.54 Å². The molecular weight excluding hydrogens is 269 g/mol. The molecule has 1 aromatic carbocycles. The number of nitrogens with zero attached hydrogens (tertiary/aromatic N) is 2. The van der Waals surface area contributed by atoms with Crippen LogP contribution in [0.3, 0.4) is 0 Å². The molecule has 0 aromatic heterocycles. The molecule has 1 aliphatic carbocycles. The molecule has 0 radical (unpaired) electrons. The lowest BCUT2D eigenvalue weighted by molar-refractivity contribution is 0.132. The van der Waals surface area contributed by atoms with Crippen molar-refractivity contribution in [1.82, 2.24) is 4.90 Å². The summed E-state index contributed by atoms with van der Waals surface area (Å²) < 4.78 is 14.4. The van der Waals surface area contributed by atoms with Crippen LogP contribution >= 0.6 is 0 Å². The van der Waals surface area contributed by atoms with Crippen molar-refractivity contribution in [2.24, 2.45) is 16.8 Å². The van der Waals surface area contributed by atoms with Gasteiger partial charge < -0.3 is 10.9 Å². The van der Waals surface area contributed by atoms with Crippen LogP contribution in [0.15, 0.2) is 23.4 Å². The number of nitrogens with two attached hydrogens (primary N) is 1. The van der Waals surface area contributed by atoms with Gasteiger partial charge in [0.2, 0.25) is 0 Å². The first kappa shape index (κ1) is 15.8. The van der Waals surface area contributed by atoms with E-state index in [2.05, 4.69) is 17.0 Å². The molecule has 0 saturated heterocycles. The maximum atomic E-state index is 14.4. The van der Waals surface area contributed by atoms with Crippen LogP contribution in [0.1, 0.15) is 43.7 Å². The Morgan fingerprint density at radius 1 is 1.43 bits per heavy atom. The topological polar surface area (TPSA) is 61.8 Å². The summed E-state index contributed by atoms with van der Waals surface area (Å²) >= 11 is 0. The van der Waals surface area contributed by atoms with Crippen LogP contribution < -0.4 is 5.73 Å². The highest BCUT2D eigenvalue weighted by Crippen LogP contribution is 2.28. The van der Waals surface area contributed by atoms with E-state index >= 15 is 0 Å². The third kappa shape index (κ3) is 3.53. The van der Waals surface area contributed by atoms with Gasteiger partial charge in [-0.25, -0.2) is 4.39 Å². The normalized spacial score (nSPS) is 23.5. The fourth-order valence-electron chi connectivity index (χ4n) is 3.29. The van der Waals surface area contributed by atoms with Crippen LogP contribution in [0.5, 0.6) is 0 Å². The van der Waals surface area contributed by atoms with Crippen LogP contribution in [0.4, 0.5) is 4.39 Å². The molecular formula is C16H24FN3O. The number of amidine groups is 1. The number of rotatable bonds is 4. The van der Waals surface area contributed by atoms with Gasteiger partial charge in [-0.15, -0.1) is 0 Å². The Morgan fingerprint density at radius 3 is 2.81 bits per heavy atom. The van der Waals surface area contributed by atoms with E-state index < -0.39 is 5.82 Å². The molecule has 2 rings (SSSR count). The molecule has 4 nitrogen and oxygen atoms in total. The summed E-state index contributed by atoms with van der Waals surface area (Å²) in [6.45, 7) is 2.80. The summed E-state index contributed by atoms with van der Waals surface area (Å²) in [5.74, 6) is 0.0465. The summed E-state index contributed by atoms with van der Waals surface area (Å²) in [5, 5.41) is 11.6. The summed E-state index contributed by atoms with van der Waals surface area (Å²) in [6, 6.07) is 5.51. The van der Waals surface area contributed by atoms with Gasteiger partial charge in [0.15, 0.2) is 5.84 Å². The smallest absolute Gasteiger partial charge is 0.173 e. The Balaban J connectivity index is 2.15. The SMILES string of the molecule is CC1CCCCC1N(C)Cc1cccc(/C(N)=N/O)c1F. The second-order valence-electron chi connectivity index (χ2n) is 6.01. The molecule has 1 saturated carbocycles. The predicted octanol–water partition coefficient (Wildman–Crippen LogP) is 2.93. The average Bonchev–Trinajstić information content (AvgIpc) is 2.49. The third-order valence-corrected chi connectivity index (χ3v) is 4.51. The monoisotopic (exact) mass is 293 g/mol. The number of hydrogen-bond donors (Lipinski definition) is 2. The molecule has 5 heteroatoms. The highest BCUT2D eigenvalue weighted by molar-refractivity contribution is 5.97. The zero-order chi connectivity index (χ0) is 15.4. The first-order valence-electron chi connectivity index (χ1n) is 7.50. The summed E-state index contributed by atoms with van der Waals surface area (Å²) in [7, 11) is 2.04. The molecule has 0 amide bonds. The summed E-state index contributed by atoms with van der Waals surface area (Å²) in [4.78, 5) is 2.22. The van der Waals surface area contributed by atoms with Crippen LogP contribution in [-0.4, -0.2) is 29.0 Å². The van der Waals surface area contributed by atoms with Crippen LogP contribution in [0.25, 0.3) is 0 Å². The summed E-state index contributed by atoms with van der Waals surface area (Å²) in [6.07, 6.45) is 4.94. The second kappa shape index (κ2) is 6.89. The van der Waals surface area contributed by atoms with E-state index in [1.54, 1.807) is 12.1 Å². The van der Waals surface area contributed by atoms with Crippen molar-refractivity contribution >= 4 is 5.84 Å². The second-order valence-corrected chi connectivity index (χ2v) is 6.01. The van der Waals surface area contributed by atoms with Crippen molar-refractivity contribution in [3.63, 3.8) is 0 Å². The molecule has 0 spiro atoms. The largest absolute Gasteiger partial charge is 0.409 e. The molecule has 2 atom stereocenters. The lowest BCUT2D eigenvalue weighted by atomic mass is 9.85. The van der Waals surface area contributed by atoms with Crippen LogP contribution in [0, 0.1) is 11.7 Å². The number of benzene rings is 1. The van der Waals surface area contributed by atoms with E-state index in [9.17, 15) is 4.39 Å². The minimum atomic E-state index is -0.400. The highest BCUT2D eigenvalue weighted by Gasteiger charge is 2.25.